The second kappa shape index (κ2) is 12.3. The molecule has 0 aliphatic carbocycles. The number of nitrogens with zero attached hydrogens (tertiary/aromatic N) is 3. The summed E-state index contributed by atoms with van der Waals surface area (Å²) in [6.45, 7) is 8.11. The van der Waals surface area contributed by atoms with Gasteiger partial charge < -0.3 is 14.7 Å². The van der Waals surface area contributed by atoms with Gasteiger partial charge in [0.15, 0.2) is 0 Å². The first-order valence-corrected chi connectivity index (χ1v) is 13.4. The fraction of sp³-hybridized carbons (Fsp3) is 0.379. The highest BCUT2D eigenvalue weighted by atomic mass is 32.1. The van der Waals surface area contributed by atoms with Gasteiger partial charge in [0.05, 0.1) is 6.54 Å². The Kier molecular flexibility index (Phi) is 8.88. The van der Waals surface area contributed by atoms with Gasteiger partial charge in [0.2, 0.25) is 5.91 Å². The van der Waals surface area contributed by atoms with Crippen molar-refractivity contribution in [3.8, 4) is 0 Å². The highest BCUT2D eigenvalue weighted by Gasteiger charge is 2.25. The van der Waals surface area contributed by atoms with Crippen LogP contribution in [0.2, 0.25) is 0 Å². The molecule has 1 fully saturated rings. The molecule has 7 heteroatoms. The highest BCUT2D eigenvalue weighted by molar-refractivity contribution is 7.11. The zero-order valence-corrected chi connectivity index (χ0v) is 21.9. The van der Waals surface area contributed by atoms with Crippen LogP contribution in [-0.2, 0) is 17.9 Å². The number of amides is 2. The van der Waals surface area contributed by atoms with E-state index in [0.29, 0.717) is 25.2 Å². The van der Waals surface area contributed by atoms with Crippen molar-refractivity contribution < 1.29 is 14.0 Å². The molecule has 4 rings (SSSR count). The molecule has 1 aromatic heterocycles. The zero-order valence-electron chi connectivity index (χ0n) is 21.1. The summed E-state index contributed by atoms with van der Waals surface area (Å²) in [4.78, 5) is 35.4. The second-order valence-corrected chi connectivity index (χ2v) is 10.9. The molecule has 2 amide bonds. The molecule has 2 heterocycles. The molecule has 190 valence electrons. The van der Waals surface area contributed by atoms with Crippen molar-refractivity contribution in [3.63, 3.8) is 0 Å². The summed E-state index contributed by atoms with van der Waals surface area (Å²) in [6, 6.07) is 17.9. The van der Waals surface area contributed by atoms with Crippen molar-refractivity contribution in [1.29, 1.82) is 0 Å². The summed E-state index contributed by atoms with van der Waals surface area (Å²) in [5.74, 6) is -0.537. The van der Waals surface area contributed by atoms with Gasteiger partial charge in [-0.15, -0.1) is 11.3 Å². The molecule has 0 radical (unpaired) electrons. The maximum absolute atomic E-state index is 13.7. The van der Waals surface area contributed by atoms with Gasteiger partial charge in [0, 0.05) is 35.0 Å². The minimum Gasteiger partial charge on any atom is -0.332 e. The lowest BCUT2D eigenvalue weighted by Crippen LogP contribution is -2.45. The SMILES string of the molecule is Cc1ccc(CN(Cc2ccc(F)cc2)C(=O)CN(CCN2CCCC2)C(=O)c2ccccc2C)s1. The van der Waals surface area contributed by atoms with Crippen LogP contribution >= 0.6 is 11.3 Å². The minimum atomic E-state index is -0.303. The van der Waals surface area contributed by atoms with E-state index < -0.39 is 0 Å². The maximum Gasteiger partial charge on any atom is 0.254 e. The molecule has 0 unspecified atom stereocenters. The molecule has 0 N–H and O–H groups in total. The Labute approximate surface area is 217 Å². The molecule has 1 aliphatic heterocycles. The third-order valence-electron chi connectivity index (χ3n) is 6.66. The molecule has 1 aliphatic rings. The average molecular weight is 508 g/mol. The lowest BCUT2D eigenvalue weighted by atomic mass is 10.1. The van der Waals surface area contributed by atoms with Gasteiger partial charge in [0.25, 0.3) is 5.91 Å². The van der Waals surface area contributed by atoms with Gasteiger partial charge >= 0.3 is 0 Å². The number of hydrogen-bond donors (Lipinski definition) is 0. The van der Waals surface area contributed by atoms with Crippen LogP contribution in [0.25, 0.3) is 0 Å². The fourth-order valence-corrected chi connectivity index (χ4v) is 5.47. The molecular weight excluding hydrogens is 473 g/mol. The number of hydrogen-bond acceptors (Lipinski definition) is 4. The number of likely N-dealkylation sites (tertiary alicyclic amines) is 1. The van der Waals surface area contributed by atoms with Crippen molar-refractivity contribution in [3.05, 3.63) is 92.9 Å². The van der Waals surface area contributed by atoms with Gasteiger partial charge in [-0.1, -0.05) is 30.3 Å². The van der Waals surface area contributed by atoms with Crippen LogP contribution < -0.4 is 0 Å². The number of carbonyl (C=O) groups is 2. The van der Waals surface area contributed by atoms with Crippen LogP contribution in [0.5, 0.6) is 0 Å². The van der Waals surface area contributed by atoms with Crippen LogP contribution in [0.15, 0.2) is 60.7 Å². The summed E-state index contributed by atoms with van der Waals surface area (Å²) >= 11 is 1.66. The van der Waals surface area contributed by atoms with Crippen LogP contribution in [0.1, 0.15) is 44.1 Å². The maximum atomic E-state index is 13.7. The van der Waals surface area contributed by atoms with Crippen molar-refractivity contribution in [2.75, 3.05) is 32.7 Å². The molecule has 0 bridgehead atoms. The molecule has 0 spiro atoms. The average Bonchev–Trinajstić information content (AvgIpc) is 3.54. The van der Waals surface area contributed by atoms with Crippen LogP contribution in [0, 0.1) is 19.7 Å². The topological polar surface area (TPSA) is 43.9 Å². The zero-order chi connectivity index (χ0) is 25.5. The minimum absolute atomic E-state index is 0.00651. The van der Waals surface area contributed by atoms with Gasteiger partial charge in [-0.25, -0.2) is 4.39 Å². The molecule has 3 aromatic rings. The summed E-state index contributed by atoms with van der Waals surface area (Å²) in [6.07, 6.45) is 2.35. The van der Waals surface area contributed by atoms with Crippen LogP contribution in [0.3, 0.4) is 0 Å². The van der Waals surface area contributed by atoms with Gasteiger partial charge in [-0.3, -0.25) is 9.59 Å². The standard InChI is InChI=1S/C29H34FN3O2S/c1-22-7-3-4-8-27(22)29(35)32(18-17-31-15-5-6-16-31)21-28(34)33(20-26-14-9-23(2)36-26)19-24-10-12-25(30)13-11-24/h3-4,7-14H,5-6,15-21H2,1-2H3. The Balaban J connectivity index is 1.54. The lowest BCUT2D eigenvalue weighted by molar-refractivity contribution is -0.133. The first kappa shape index (κ1) is 26.0. The van der Waals surface area contributed by atoms with Crippen molar-refractivity contribution in [1.82, 2.24) is 14.7 Å². The third kappa shape index (κ3) is 7.02. The number of benzene rings is 2. The first-order chi connectivity index (χ1) is 17.4. The number of halogens is 1. The molecule has 0 atom stereocenters. The Morgan fingerprint density at radius 1 is 0.917 bits per heavy atom. The molecule has 36 heavy (non-hydrogen) atoms. The second-order valence-electron chi connectivity index (χ2n) is 9.48. The monoisotopic (exact) mass is 507 g/mol. The number of rotatable bonds is 10. The molecule has 1 saturated heterocycles. The molecule has 5 nitrogen and oxygen atoms in total. The number of aryl methyl sites for hydroxylation is 2. The van der Waals surface area contributed by atoms with E-state index in [4.69, 9.17) is 0 Å². The van der Waals surface area contributed by atoms with Gasteiger partial charge in [-0.05, 0) is 81.2 Å². The quantitative estimate of drug-likeness (QED) is 0.376. The van der Waals surface area contributed by atoms with E-state index in [2.05, 4.69) is 4.90 Å². The number of carbonyl (C=O) groups excluding carboxylic acids is 2. The van der Waals surface area contributed by atoms with Gasteiger partial charge in [-0.2, -0.15) is 0 Å². The third-order valence-corrected chi connectivity index (χ3v) is 7.64. The molecular formula is C29H34FN3O2S. The van der Waals surface area contributed by atoms with E-state index in [9.17, 15) is 14.0 Å². The Morgan fingerprint density at radius 3 is 2.31 bits per heavy atom. The predicted octanol–water partition coefficient (Wildman–Crippen LogP) is 5.27. The van der Waals surface area contributed by atoms with E-state index in [1.54, 1.807) is 33.3 Å². The van der Waals surface area contributed by atoms with E-state index in [1.807, 2.05) is 50.2 Å². The summed E-state index contributed by atoms with van der Waals surface area (Å²) in [5.41, 5.74) is 2.39. The first-order valence-electron chi connectivity index (χ1n) is 12.5. The lowest BCUT2D eigenvalue weighted by Gasteiger charge is -2.29. The van der Waals surface area contributed by atoms with Crippen LogP contribution in [0.4, 0.5) is 4.39 Å². The van der Waals surface area contributed by atoms with E-state index in [-0.39, 0.29) is 24.2 Å². The van der Waals surface area contributed by atoms with Crippen molar-refractivity contribution in [2.45, 2.75) is 39.8 Å². The number of thiophene rings is 1. The smallest absolute Gasteiger partial charge is 0.254 e. The summed E-state index contributed by atoms with van der Waals surface area (Å²) in [7, 11) is 0. The van der Waals surface area contributed by atoms with Gasteiger partial charge in [0.1, 0.15) is 12.4 Å². The van der Waals surface area contributed by atoms with Crippen molar-refractivity contribution >= 4 is 23.2 Å². The largest absolute Gasteiger partial charge is 0.332 e. The Morgan fingerprint density at radius 2 is 1.64 bits per heavy atom. The molecule has 0 saturated carbocycles. The predicted molar refractivity (Wildman–Crippen MR) is 142 cm³/mol. The van der Waals surface area contributed by atoms with Crippen LogP contribution in [-0.4, -0.2) is 59.2 Å². The van der Waals surface area contributed by atoms with E-state index >= 15 is 0 Å². The Bertz CT molecular complexity index is 1170. The Hall–Kier alpha value is -3.03. The van der Waals surface area contributed by atoms with E-state index in [1.165, 1.54) is 29.9 Å². The molecule has 2 aromatic carbocycles. The summed E-state index contributed by atoms with van der Waals surface area (Å²) in [5, 5.41) is 0. The highest BCUT2D eigenvalue weighted by Crippen LogP contribution is 2.20. The fourth-order valence-electron chi connectivity index (χ4n) is 4.57. The summed E-state index contributed by atoms with van der Waals surface area (Å²) < 4.78 is 13.5. The van der Waals surface area contributed by atoms with E-state index in [0.717, 1.165) is 35.6 Å². The normalized spacial score (nSPS) is 13.6. The van der Waals surface area contributed by atoms with Crippen molar-refractivity contribution in [2.24, 2.45) is 0 Å².